The van der Waals surface area contributed by atoms with Gasteiger partial charge < -0.3 is 10.6 Å². The van der Waals surface area contributed by atoms with Crippen molar-refractivity contribution in [2.24, 2.45) is 0 Å². The van der Waals surface area contributed by atoms with Crippen LogP contribution < -0.4 is 5.73 Å². The molecular formula is C9H11F3N4O. The van der Waals surface area contributed by atoms with Crippen molar-refractivity contribution >= 4 is 11.7 Å². The van der Waals surface area contributed by atoms with Crippen LogP contribution in [0.25, 0.3) is 0 Å². The zero-order valence-electron chi connectivity index (χ0n) is 9.03. The second-order valence-corrected chi connectivity index (χ2v) is 3.26. The molecule has 0 unspecified atom stereocenters. The average molecular weight is 248 g/mol. The molecule has 0 aromatic carbocycles. The first-order valence-corrected chi connectivity index (χ1v) is 4.77. The van der Waals surface area contributed by atoms with Gasteiger partial charge >= 0.3 is 6.18 Å². The molecule has 1 amide bonds. The maximum Gasteiger partial charge on any atom is 0.406 e. The summed E-state index contributed by atoms with van der Waals surface area (Å²) in [6.07, 6.45) is -2.27. The normalized spacial score (nSPS) is 11.3. The number of anilines is 1. The van der Waals surface area contributed by atoms with Gasteiger partial charge in [-0.3, -0.25) is 4.79 Å². The summed E-state index contributed by atoms with van der Waals surface area (Å²) in [5.74, 6) is -0.724. The number of hydrogen-bond acceptors (Lipinski definition) is 4. The zero-order valence-corrected chi connectivity index (χ0v) is 9.03. The second kappa shape index (κ2) is 4.98. The third kappa shape index (κ3) is 3.89. The summed E-state index contributed by atoms with van der Waals surface area (Å²) in [7, 11) is 0. The van der Waals surface area contributed by atoms with Crippen molar-refractivity contribution in [2.45, 2.75) is 13.1 Å². The summed E-state index contributed by atoms with van der Waals surface area (Å²) < 4.78 is 36.5. The van der Waals surface area contributed by atoms with Gasteiger partial charge in [-0.25, -0.2) is 9.97 Å². The first-order chi connectivity index (χ1) is 7.83. The van der Waals surface area contributed by atoms with Gasteiger partial charge in [-0.2, -0.15) is 13.2 Å². The molecule has 94 valence electrons. The molecule has 17 heavy (non-hydrogen) atoms. The van der Waals surface area contributed by atoms with Crippen molar-refractivity contribution in [1.82, 2.24) is 14.9 Å². The minimum Gasteiger partial charge on any atom is -0.382 e. The lowest BCUT2D eigenvalue weighted by molar-refractivity contribution is -0.140. The summed E-state index contributed by atoms with van der Waals surface area (Å²) in [6, 6.07) is 0. The lowest BCUT2D eigenvalue weighted by Gasteiger charge is -2.21. The van der Waals surface area contributed by atoms with E-state index in [0.29, 0.717) is 4.90 Å². The Balaban J connectivity index is 2.83. The van der Waals surface area contributed by atoms with E-state index in [1.54, 1.807) is 0 Å². The number of nitrogens with two attached hydrogens (primary N) is 1. The molecule has 1 rings (SSSR count). The van der Waals surface area contributed by atoms with E-state index in [4.69, 9.17) is 5.73 Å². The molecular weight excluding hydrogens is 237 g/mol. The highest BCUT2D eigenvalue weighted by Gasteiger charge is 2.33. The van der Waals surface area contributed by atoms with Gasteiger partial charge in [0.05, 0.1) is 12.4 Å². The van der Waals surface area contributed by atoms with Crippen LogP contribution in [0.3, 0.4) is 0 Å². The number of nitrogens with zero attached hydrogens (tertiary/aromatic N) is 3. The molecule has 1 aromatic heterocycles. The third-order valence-electron chi connectivity index (χ3n) is 1.93. The molecule has 0 aliphatic carbocycles. The van der Waals surface area contributed by atoms with Gasteiger partial charge in [-0.1, -0.05) is 0 Å². The Kier molecular flexibility index (Phi) is 3.87. The van der Waals surface area contributed by atoms with E-state index in [-0.39, 0.29) is 18.1 Å². The summed E-state index contributed by atoms with van der Waals surface area (Å²) in [6.45, 7) is 0.0765. The van der Waals surface area contributed by atoms with Crippen LogP contribution in [0.5, 0.6) is 0 Å². The number of halogens is 3. The van der Waals surface area contributed by atoms with Crippen LogP contribution in [0.15, 0.2) is 12.4 Å². The molecule has 0 spiro atoms. The lowest BCUT2D eigenvalue weighted by Crippen LogP contribution is -2.39. The zero-order chi connectivity index (χ0) is 13.1. The number of carbonyl (C=O) groups is 1. The number of amides is 1. The molecule has 0 bridgehead atoms. The van der Waals surface area contributed by atoms with E-state index >= 15 is 0 Å². The maximum absolute atomic E-state index is 12.2. The van der Waals surface area contributed by atoms with Crippen molar-refractivity contribution < 1.29 is 18.0 Å². The van der Waals surface area contributed by atoms with Crippen LogP contribution in [0, 0.1) is 0 Å². The van der Waals surface area contributed by atoms with Gasteiger partial charge in [-0.05, 0) is 6.92 Å². The molecule has 1 heterocycles. The molecule has 8 heteroatoms. The van der Waals surface area contributed by atoms with Crippen molar-refractivity contribution in [3.8, 4) is 0 Å². The van der Waals surface area contributed by atoms with Crippen LogP contribution in [-0.2, 0) is 0 Å². The lowest BCUT2D eigenvalue weighted by atomic mass is 10.3. The van der Waals surface area contributed by atoms with Gasteiger partial charge in [-0.15, -0.1) is 0 Å². The molecule has 0 aliphatic heterocycles. The first kappa shape index (κ1) is 13.2. The largest absolute Gasteiger partial charge is 0.406 e. The van der Waals surface area contributed by atoms with Crippen molar-refractivity contribution in [3.05, 3.63) is 18.1 Å². The van der Waals surface area contributed by atoms with E-state index in [0.717, 1.165) is 12.4 Å². The molecule has 2 N–H and O–H groups in total. The molecule has 0 saturated heterocycles. The number of hydrogen-bond donors (Lipinski definition) is 1. The smallest absolute Gasteiger partial charge is 0.382 e. The Morgan fingerprint density at radius 3 is 2.47 bits per heavy atom. The average Bonchev–Trinajstić information content (AvgIpc) is 2.25. The van der Waals surface area contributed by atoms with E-state index in [1.165, 1.54) is 6.92 Å². The highest BCUT2D eigenvalue weighted by atomic mass is 19.4. The van der Waals surface area contributed by atoms with Crippen LogP contribution >= 0.6 is 0 Å². The van der Waals surface area contributed by atoms with Gasteiger partial charge in [0.1, 0.15) is 18.1 Å². The van der Waals surface area contributed by atoms with Crippen LogP contribution in [0.2, 0.25) is 0 Å². The molecule has 0 atom stereocenters. The van der Waals surface area contributed by atoms with E-state index in [1.807, 2.05) is 0 Å². The molecule has 0 radical (unpaired) electrons. The van der Waals surface area contributed by atoms with Gasteiger partial charge in [0, 0.05) is 6.54 Å². The predicted molar refractivity (Wildman–Crippen MR) is 54.1 cm³/mol. The topological polar surface area (TPSA) is 72.1 Å². The summed E-state index contributed by atoms with van der Waals surface area (Å²) in [4.78, 5) is 19.5. The van der Waals surface area contributed by atoms with Gasteiger partial charge in [0.2, 0.25) is 0 Å². The Morgan fingerprint density at radius 1 is 1.41 bits per heavy atom. The maximum atomic E-state index is 12.2. The van der Waals surface area contributed by atoms with Crippen molar-refractivity contribution in [1.29, 1.82) is 0 Å². The van der Waals surface area contributed by atoms with Gasteiger partial charge in [0.25, 0.3) is 5.91 Å². The predicted octanol–water partition coefficient (Wildman–Crippen LogP) is 1.08. The standard InChI is InChI=1S/C9H11F3N4O/c1-2-16(5-9(10,11)12)8(17)6-3-15-7(13)4-14-6/h3-4H,2,5H2,1H3,(H2,13,15). The number of rotatable bonds is 3. The molecule has 1 aromatic rings. The minimum absolute atomic E-state index is 0.0651. The summed E-state index contributed by atoms with van der Waals surface area (Å²) in [5, 5.41) is 0. The van der Waals surface area contributed by atoms with Crippen LogP contribution in [0.1, 0.15) is 17.4 Å². The quantitative estimate of drug-likeness (QED) is 0.868. The number of nitrogen functional groups attached to an aromatic ring is 1. The highest BCUT2D eigenvalue weighted by molar-refractivity contribution is 5.92. The highest BCUT2D eigenvalue weighted by Crippen LogP contribution is 2.17. The molecule has 0 aliphatic rings. The fourth-order valence-electron chi connectivity index (χ4n) is 1.15. The Labute approximate surface area is 95.5 Å². The first-order valence-electron chi connectivity index (χ1n) is 4.77. The SMILES string of the molecule is CCN(CC(F)(F)F)C(=O)c1cnc(N)cn1. The second-order valence-electron chi connectivity index (χ2n) is 3.26. The van der Waals surface area contributed by atoms with E-state index in [2.05, 4.69) is 9.97 Å². The Bertz CT molecular complexity index is 390. The number of aromatic nitrogens is 2. The Hall–Kier alpha value is -1.86. The minimum atomic E-state index is -4.44. The fourth-order valence-corrected chi connectivity index (χ4v) is 1.15. The molecule has 5 nitrogen and oxygen atoms in total. The monoisotopic (exact) mass is 248 g/mol. The summed E-state index contributed by atoms with van der Waals surface area (Å²) in [5.41, 5.74) is 5.10. The number of alkyl halides is 3. The summed E-state index contributed by atoms with van der Waals surface area (Å²) >= 11 is 0. The fraction of sp³-hybridized carbons (Fsp3) is 0.444. The van der Waals surface area contributed by atoms with Crippen molar-refractivity contribution in [2.75, 3.05) is 18.8 Å². The van der Waals surface area contributed by atoms with Crippen LogP contribution in [0.4, 0.5) is 19.0 Å². The van der Waals surface area contributed by atoms with E-state index in [9.17, 15) is 18.0 Å². The number of carbonyl (C=O) groups excluding carboxylic acids is 1. The van der Waals surface area contributed by atoms with Crippen LogP contribution in [-0.4, -0.2) is 40.0 Å². The Morgan fingerprint density at radius 2 is 2.06 bits per heavy atom. The molecule has 0 fully saturated rings. The van der Waals surface area contributed by atoms with E-state index < -0.39 is 18.6 Å². The van der Waals surface area contributed by atoms with Gasteiger partial charge in [0.15, 0.2) is 0 Å². The third-order valence-corrected chi connectivity index (χ3v) is 1.93. The molecule has 0 saturated carbocycles. The van der Waals surface area contributed by atoms with Crippen molar-refractivity contribution in [3.63, 3.8) is 0 Å².